The minimum atomic E-state index is 0.502. The Morgan fingerprint density at radius 1 is 1.33 bits per heavy atom. The largest absolute Gasteiger partial charge is 0.399 e. The van der Waals surface area contributed by atoms with Gasteiger partial charge in [0.25, 0.3) is 0 Å². The van der Waals surface area contributed by atoms with Gasteiger partial charge in [0.05, 0.1) is 10.0 Å². The molecule has 1 aromatic carbocycles. The highest BCUT2D eigenvalue weighted by Crippen LogP contribution is 2.44. The number of hydrogen-bond donors (Lipinski definition) is 1. The van der Waals surface area contributed by atoms with E-state index in [-0.39, 0.29) is 0 Å². The van der Waals surface area contributed by atoms with Crippen molar-refractivity contribution in [2.24, 2.45) is 11.1 Å². The van der Waals surface area contributed by atoms with Crippen LogP contribution in [0.4, 0.5) is 0 Å². The van der Waals surface area contributed by atoms with Crippen LogP contribution in [-0.4, -0.2) is 25.4 Å². The minimum absolute atomic E-state index is 0.502. The quantitative estimate of drug-likeness (QED) is 0.663. The molecule has 0 saturated carbocycles. The number of hydrogen-bond acceptors (Lipinski definition) is 3. The molecule has 2 fully saturated rings. The Hall–Kier alpha value is -0.770. The Kier molecular flexibility index (Phi) is 4.72. The van der Waals surface area contributed by atoms with Gasteiger partial charge in [0, 0.05) is 18.3 Å². The molecule has 2 saturated heterocycles. The first-order valence-electron chi connectivity index (χ1n) is 7.45. The smallest absolute Gasteiger partial charge is 0.106 e. The molecule has 114 valence electrons. The van der Waals surface area contributed by atoms with Crippen LogP contribution < -0.4 is 5.32 Å². The lowest BCUT2D eigenvalue weighted by Crippen LogP contribution is -2.44. The lowest BCUT2D eigenvalue weighted by atomic mass is 9.75. The first-order chi connectivity index (χ1) is 10.2. The number of fused-ring (bicyclic) bond motifs is 2. The van der Waals surface area contributed by atoms with E-state index in [1.807, 2.05) is 18.3 Å². The molecule has 2 aliphatic rings. The van der Waals surface area contributed by atoms with Crippen LogP contribution in [0.2, 0.25) is 10.0 Å². The summed E-state index contributed by atoms with van der Waals surface area (Å²) >= 11 is 12.2. The maximum absolute atomic E-state index is 6.20. The average molecular weight is 327 g/mol. The molecular formula is C16H20Cl2N2O. The number of piperidine rings is 1. The maximum Gasteiger partial charge on any atom is 0.106 e. The molecule has 5 heteroatoms. The van der Waals surface area contributed by atoms with Crippen molar-refractivity contribution < 1.29 is 4.84 Å². The first kappa shape index (κ1) is 15.1. The van der Waals surface area contributed by atoms with E-state index in [0.29, 0.717) is 34.0 Å². The Bertz CT molecular complexity index is 535. The van der Waals surface area contributed by atoms with Crippen molar-refractivity contribution in [1.82, 2.24) is 5.32 Å². The fraction of sp³-hybridized carbons (Fsp3) is 0.562. The summed E-state index contributed by atoms with van der Waals surface area (Å²) in [7, 11) is 1.58. The predicted molar refractivity (Wildman–Crippen MR) is 87.4 cm³/mol. The molecular weight excluding hydrogens is 307 g/mol. The molecule has 0 amide bonds. The molecule has 0 radical (unpaired) electrons. The van der Waals surface area contributed by atoms with Gasteiger partial charge in [0.2, 0.25) is 0 Å². The molecule has 0 spiro atoms. The van der Waals surface area contributed by atoms with E-state index in [1.54, 1.807) is 7.11 Å². The summed E-state index contributed by atoms with van der Waals surface area (Å²) in [6.45, 7) is 0. The summed E-state index contributed by atoms with van der Waals surface area (Å²) in [4.78, 5) is 4.80. The Morgan fingerprint density at radius 3 is 2.95 bits per heavy atom. The van der Waals surface area contributed by atoms with Gasteiger partial charge in [-0.3, -0.25) is 0 Å². The van der Waals surface area contributed by atoms with Gasteiger partial charge in [-0.15, -0.1) is 0 Å². The zero-order valence-electron chi connectivity index (χ0n) is 12.1. The predicted octanol–water partition coefficient (Wildman–Crippen LogP) is 4.24. The van der Waals surface area contributed by atoms with E-state index in [0.717, 1.165) is 12.8 Å². The van der Waals surface area contributed by atoms with Gasteiger partial charge >= 0.3 is 0 Å². The normalized spacial score (nSPS) is 31.8. The van der Waals surface area contributed by atoms with E-state index in [9.17, 15) is 0 Å². The van der Waals surface area contributed by atoms with Gasteiger partial charge in [-0.05, 0) is 55.2 Å². The van der Waals surface area contributed by atoms with Crippen molar-refractivity contribution in [3.63, 3.8) is 0 Å². The molecule has 1 N–H and O–H groups in total. The molecule has 2 aliphatic heterocycles. The third-order valence-corrected chi connectivity index (χ3v) is 5.52. The molecule has 3 nitrogen and oxygen atoms in total. The zero-order chi connectivity index (χ0) is 14.8. The first-order valence-corrected chi connectivity index (χ1v) is 8.20. The van der Waals surface area contributed by atoms with Crippen molar-refractivity contribution >= 4 is 29.4 Å². The number of halogens is 2. The lowest BCUT2D eigenvalue weighted by Gasteiger charge is -2.37. The van der Waals surface area contributed by atoms with Crippen molar-refractivity contribution in [1.29, 1.82) is 0 Å². The summed E-state index contributed by atoms with van der Waals surface area (Å²) in [6.07, 6.45) is 6.47. The lowest BCUT2D eigenvalue weighted by molar-refractivity contribution is 0.211. The van der Waals surface area contributed by atoms with E-state index < -0.39 is 0 Å². The van der Waals surface area contributed by atoms with Crippen LogP contribution in [0.25, 0.3) is 0 Å². The molecule has 21 heavy (non-hydrogen) atoms. The number of nitrogens with one attached hydrogen (secondary N) is 1. The van der Waals surface area contributed by atoms with Crippen LogP contribution in [0.5, 0.6) is 0 Å². The van der Waals surface area contributed by atoms with Crippen LogP contribution in [0.1, 0.15) is 37.2 Å². The maximum atomic E-state index is 6.20. The molecule has 4 atom stereocenters. The zero-order valence-corrected chi connectivity index (χ0v) is 13.6. The Balaban J connectivity index is 1.85. The Morgan fingerprint density at radius 2 is 2.19 bits per heavy atom. The summed E-state index contributed by atoms with van der Waals surface area (Å²) in [5.74, 6) is 1.03. The number of oxime groups is 1. The highest BCUT2D eigenvalue weighted by Gasteiger charge is 2.41. The van der Waals surface area contributed by atoms with Crippen LogP contribution in [0.3, 0.4) is 0 Å². The monoisotopic (exact) mass is 326 g/mol. The molecule has 0 aromatic heterocycles. The fourth-order valence-corrected chi connectivity index (χ4v) is 4.14. The van der Waals surface area contributed by atoms with E-state index >= 15 is 0 Å². The number of nitrogens with zero attached hydrogens (tertiary/aromatic N) is 1. The second kappa shape index (κ2) is 6.55. The molecule has 2 unspecified atom stereocenters. The summed E-state index contributed by atoms with van der Waals surface area (Å²) in [5.41, 5.74) is 1.29. The minimum Gasteiger partial charge on any atom is -0.399 e. The molecule has 2 heterocycles. The third kappa shape index (κ3) is 3.20. The van der Waals surface area contributed by atoms with E-state index in [4.69, 9.17) is 28.0 Å². The highest BCUT2D eigenvalue weighted by molar-refractivity contribution is 6.42. The van der Waals surface area contributed by atoms with Gasteiger partial charge < -0.3 is 10.2 Å². The number of rotatable bonds is 4. The van der Waals surface area contributed by atoms with Crippen molar-refractivity contribution in [3.05, 3.63) is 33.8 Å². The molecule has 0 aliphatic carbocycles. The fourth-order valence-electron chi connectivity index (χ4n) is 3.83. The van der Waals surface area contributed by atoms with Crippen LogP contribution in [-0.2, 0) is 4.84 Å². The van der Waals surface area contributed by atoms with Crippen molar-refractivity contribution in [3.8, 4) is 0 Å². The van der Waals surface area contributed by atoms with Gasteiger partial charge in [-0.25, -0.2) is 0 Å². The van der Waals surface area contributed by atoms with Crippen LogP contribution >= 0.6 is 23.2 Å². The molecule has 1 aromatic rings. The summed E-state index contributed by atoms with van der Waals surface area (Å²) in [6, 6.07) is 7.24. The van der Waals surface area contributed by atoms with Crippen LogP contribution in [0.15, 0.2) is 23.4 Å². The number of benzene rings is 1. The Labute approximate surface area is 135 Å². The second-order valence-corrected chi connectivity index (χ2v) is 6.75. The standard InChI is InChI=1S/C16H20Cl2N2O/c1-21-19-7-6-12-13(9-11-3-5-16(12)20-11)10-2-4-14(17)15(18)8-10/h2,4,7-8,11-13,16,20H,3,5-6,9H2,1H3/b19-7+/t11?,12-,13-,16?/m1/s1. The summed E-state index contributed by atoms with van der Waals surface area (Å²) < 4.78 is 0. The summed E-state index contributed by atoms with van der Waals surface area (Å²) in [5, 5.41) is 8.90. The van der Waals surface area contributed by atoms with Gasteiger partial charge in [-0.1, -0.05) is 34.4 Å². The molecule has 3 rings (SSSR count). The topological polar surface area (TPSA) is 33.6 Å². The van der Waals surface area contributed by atoms with Crippen molar-refractivity contribution in [2.45, 2.75) is 43.7 Å². The van der Waals surface area contributed by atoms with Crippen molar-refractivity contribution in [2.75, 3.05) is 7.11 Å². The van der Waals surface area contributed by atoms with E-state index in [2.05, 4.69) is 16.5 Å². The average Bonchev–Trinajstić information content (AvgIpc) is 2.87. The van der Waals surface area contributed by atoms with E-state index in [1.165, 1.54) is 18.4 Å². The second-order valence-electron chi connectivity index (χ2n) is 5.93. The third-order valence-electron chi connectivity index (χ3n) is 4.78. The van der Waals surface area contributed by atoms with Gasteiger partial charge in [0.1, 0.15) is 7.11 Å². The van der Waals surface area contributed by atoms with Gasteiger partial charge in [0.15, 0.2) is 0 Å². The highest BCUT2D eigenvalue weighted by atomic mass is 35.5. The van der Waals surface area contributed by atoms with Gasteiger partial charge in [-0.2, -0.15) is 0 Å². The SMILES string of the molecule is CO/N=C/C[C@H]1C2CCC(C[C@@H]1c1ccc(Cl)c(Cl)c1)N2. The van der Waals surface area contributed by atoms with Crippen LogP contribution in [0, 0.1) is 5.92 Å². The molecule has 2 bridgehead atoms.